The Labute approximate surface area is 149 Å². The van der Waals surface area contributed by atoms with Crippen molar-refractivity contribution in [3.8, 4) is 5.75 Å². The molecule has 0 atom stereocenters. The fourth-order valence-electron chi connectivity index (χ4n) is 2.04. The molecule has 0 radical (unpaired) electrons. The van der Waals surface area contributed by atoms with Crippen molar-refractivity contribution >= 4 is 37.2 Å². The summed E-state index contributed by atoms with van der Waals surface area (Å²) in [6.45, 7) is 1.97. The maximum Gasteiger partial charge on any atom is 0.265 e. The number of anilines is 1. The number of nitrogens with two attached hydrogens (primary N) is 1. The molecule has 0 aliphatic carbocycles. The molecule has 9 heteroatoms. The molecule has 2 aromatic carbocycles. The minimum Gasteiger partial charge on any atom is -0.492 e. The monoisotopic (exact) mass is 382 g/mol. The van der Waals surface area contributed by atoms with Gasteiger partial charge in [-0.2, -0.15) is 0 Å². The van der Waals surface area contributed by atoms with Crippen LogP contribution in [0.2, 0.25) is 0 Å². The quantitative estimate of drug-likeness (QED) is 0.744. The fourth-order valence-corrected chi connectivity index (χ4v) is 3.04. The predicted octanol–water partition coefficient (Wildman–Crippen LogP) is 2.36. The lowest BCUT2D eigenvalue weighted by Crippen LogP contribution is -2.14. The molecule has 0 fully saturated rings. The summed E-state index contributed by atoms with van der Waals surface area (Å²) in [6.07, 6.45) is 0. The van der Waals surface area contributed by atoms with Gasteiger partial charge in [0.25, 0.3) is 15.0 Å². The minimum atomic E-state index is -4.05. The minimum absolute atomic E-state index is 0.0984. The molecular formula is C16H15ClN2O5S. The number of halogens is 1. The molecule has 2 aromatic rings. The Morgan fingerprint density at radius 2 is 1.72 bits per heavy atom. The third kappa shape index (κ3) is 4.71. The van der Waals surface area contributed by atoms with E-state index < -0.39 is 20.9 Å². The SMILES string of the molecule is CCOc1ccc(NC(=O)c2ccc(C(N)=O)cc2)cc1S(=O)(=O)Cl. The highest BCUT2D eigenvalue weighted by molar-refractivity contribution is 8.13. The number of hydrogen-bond acceptors (Lipinski definition) is 5. The molecule has 2 rings (SSSR count). The van der Waals surface area contributed by atoms with Gasteiger partial charge in [-0.3, -0.25) is 9.59 Å². The second-order valence-electron chi connectivity index (χ2n) is 4.93. The molecule has 0 unspecified atom stereocenters. The van der Waals surface area contributed by atoms with Gasteiger partial charge in [-0.05, 0) is 49.4 Å². The number of rotatable bonds is 6. The van der Waals surface area contributed by atoms with Crippen LogP contribution in [0.5, 0.6) is 5.75 Å². The van der Waals surface area contributed by atoms with Crippen molar-refractivity contribution in [2.75, 3.05) is 11.9 Å². The summed E-state index contributed by atoms with van der Waals surface area (Å²) < 4.78 is 28.6. The van der Waals surface area contributed by atoms with E-state index in [-0.39, 0.29) is 34.1 Å². The summed E-state index contributed by atoms with van der Waals surface area (Å²) in [5.41, 5.74) is 5.91. The Balaban J connectivity index is 2.27. The first kappa shape index (κ1) is 18.8. The van der Waals surface area contributed by atoms with Crippen molar-refractivity contribution < 1.29 is 22.7 Å². The van der Waals surface area contributed by atoms with Gasteiger partial charge in [0, 0.05) is 27.5 Å². The molecule has 0 aromatic heterocycles. The van der Waals surface area contributed by atoms with Gasteiger partial charge in [-0.25, -0.2) is 8.42 Å². The molecule has 0 aliphatic heterocycles. The number of primary amides is 1. The Morgan fingerprint density at radius 1 is 1.12 bits per heavy atom. The molecule has 0 bridgehead atoms. The van der Waals surface area contributed by atoms with E-state index >= 15 is 0 Å². The van der Waals surface area contributed by atoms with Crippen LogP contribution in [0.15, 0.2) is 47.4 Å². The van der Waals surface area contributed by atoms with Crippen molar-refractivity contribution in [3.63, 3.8) is 0 Å². The summed E-state index contributed by atoms with van der Waals surface area (Å²) >= 11 is 0. The van der Waals surface area contributed by atoms with Gasteiger partial charge in [0.2, 0.25) is 5.91 Å². The molecule has 2 amide bonds. The van der Waals surface area contributed by atoms with E-state index in [1.807, 2.05) is 0 Å². The van der Waals surface area contributed by atoms with Crippen LogP contribution in [-0.4, -0.2) is 26.8 Å². The van der Waals surface area contributed by atoms with E-state index in [0.717, 1.165) is 0 Å². The van der Waals surface area contributed by atoms with Gasteiger partial charge in [0.15, 0.2) is 0 Å². The molecule has 3 N–H and O–H groups in total. The normalized spacial score (nSPS) is 11.0. The highest BCUT2D eigenvalue weighted by Crippen LogP contribution is 2.30. The van der Waals surface area contributed by atoms with Crippen molar-refractivity contribution in [1.82, 2.24) is 0 Å². The van der Waals surface area contributed by atoms with Crippen molar-refractivity contribution in [2.45, 2.75) is 11.8 Å². The molecular weight excluding hydrogens is 368 g/mol. The highest BCUT2D eigenvalue weighted by atomic mass is 35.7. The topological polar surface area (TPSA) is 116 Å². The Morgan fingerprint density at radius 3 is 2.24 bits per heavy atom. The second-order valence-corrected chi connectivity index (χ2v) is 7.46. The van der Waals surface area contributed by atoms with Crippen LogP contribution in [-0.2, 0) is 9.05 Å². The largest absolute Gasteiger partial charge is 0.492 e. The first-order chi connectivity index (χ1) is 11.7. The maximum absolute atomic E-state index is 12.2. The standard InChI is InChI=1S/C16H15ClN2O5S/c1-2-24-13-8-7-12(9-14(13)25(17,22)23)19-16(21)11-5-3-10(4-6-11)15(18)20/h3-9H,2H2,1H3,(H2,18,20)(H,19,21). The molecule has 25 heavy (non-hydrogen) atoms. The lowest BCUT2D eigenvalue weighted by atomic mass is 10.1. The molecule has 0 spiro atoms. The van der Waals surface area contributed by atoms with Gasteiger partial charge in [0.05, 0.1) is 6.61 Å². The third-order valence-electron chi connectivity index (χ3n) is 3.20. The summed E-state index contributed by atoms with van der Waals surface area (Å²) in [5, 5.41) is 2.55. The van der Waals surface area contributed by atoms with Gasteiger partial charge < -0.3 is 15.8 Å². The van der Waals surface area contributed by atoms with Crippen LogP contribution in [0.25, 0.3) is 0 Å². The number of amides is 2. The molecule has 7 nitrogen and oxygen atoms in total. The first-order valence-corrected chi connectivity index (χ1v) is 9.46. The van der Waals surface area contributed by atoms with E-state index in [4.69, 9.17) is 21.2 Å². The highest BCUT2D eigenvalue weighted by Gasteiger charge is 2.18. The van der Waals surface area contributed by atoms with E-state index in [1.165, 1.54) is 42.5 Å². The van der Waals surface area contributed by atoms with Gasteiger partial charge in [-0.15, -0.1) is 0 Å². The van der Waals surface area contributed by atoms with E-state index in [1.54, 1.807) is 6.92 Å². The summed E-state index contributed by atoms with van der Waals surface area (Å²) in [4.78, 5) is 23.0. The smallest absolute Gasteiger partial charge is 0.265 e. The number of carbonyl (C=O) groups is 2. The van der Waals surface area contributed by atoms with Crippen molar-refractivity contribution in [3.05, 3.63) is 53.6 Å². The number of ether oxygens (including phenoxy) is 1. The van der Waals surface area contributed by atoms with E-state index in [2.05, 4.69) is 5.32 Å². The van der Waals surface area contributed by atoms with Crippen LogP contribution in [0.1, 0.15) is 27.6 Å². The van der Waals surface area contributed by atoms with Crippen LogP contribution in [0.4, 0.5) is 5.69 Å². The summed E-state index contributed by atoms with van der Waals surface area (Å²) in [6, 6.07) is 9.82. The Hall–Kier alpha value is -2.58. The van der Waals surface area contributed by atoms with E-state index in [0.29, 0.717) is 0 Å². The fraction of sp³-hybridized carbons (Fsp3) is 0.125. The Bertz CT molecular complexity index is 911. The average molecular weight is 383 g/mol. The molecule has 132 valence electrons. The first-order valence-electron chi connectivity index (χ1n) is 7.15. The van der Waals surface area contributed by atoms with Gasteiger partial charge in [-0.1, -0.05) is 0 Å². The van der Waals surface area contributed by atoms with Gasteiger partial charge >= 0.3 is 0 Å². The van der Waals surface area contributed by atoms with Crippen molar-refractivity contribution in [2.24, 2.45) is 5.73 Å². The number of nitrogens with one attached hydrogen (secondary N) is 1. The molecule has 0 heterocycles. The summed E-state index contributed by atoms with van der Waals surface area (Å²) in [7, 11) is 1.36. The zero-order valence-corrected chi connectivity index (χ0v) is 14.7. The lowest BCUT2D eigenvalue weighted by molar-refractivity contribution is 0.0995. The zero-order valence-electron chi connectivity index (χ0n) is 13.2. The zero-order chi connectivity index (χ0) is 18.6. The van der Waals surface area contributed by atoms with Crippen LogP contribution in [0, 0.1) is 0 Å². The van der Waals surface area contributed by atoms with E-state index in [9.17, 15) is 18.0 Å². The predicted molar refractivity (Wildman–Crippen MR) is 93.6 cm³/mol. The third-order valence-corrected chi connectivity index (χ3v) is 4.54. The number of hydrogen-bond donors (Lipinski definition) is 2. The Kier molecular flexibility index (Phi) is 5.66. The molecule has 0 saturated heterocycles. The lowest BCUT2D eigenvalue weighted by Gasteiger charge is -2.11. The van der Waals surface area contributed by atoms with Crippen LogP contribution in [0.3, 0.4) is 0 Å². The molecule has 0 saturated carbocycles. The maximum atomic E-state index is 12.2. The average Bonchev–Trinajstić information content (AvgIpc) is 2.55. The summed E-state index contributed by atoms with van der Waals surface area (Å²) in [5.74, 6) is -0.991. The number of benzene rings is 2. The van der Waals surface area contributed by atoms with Crippen molar-refractivity contribution in [1.29, 1.82) is 0 Å². The molecule has 0 aliphatic rings. The number of carbonyl (C=O) groups excluding carboxylic acids is 2. The van der Waals surface area contributed by atoms with Crippen LogP contribution >= 0.6 is 10.7 Å². The second kappa shape index (κ2) is 7.54. The van der Waals surface area contributed by atoms with Gasteiger partial charge in [0.1, 0.15) is 10.6 Å². The van der Waals surface area contributed by atoms with Crippen LogP contribution < -0.4 is 15.8 Å².